The minimum atomic E-state index is -3.80. The summed E-state index contributed by atoms with van der Waals surface area (Å²) in [5.74, 6) is -0.506. The number of benzene rings is 2. The van der Waals surface area contributed by atoms with Crippen molar-refractivity contribution in [2.24, 2.45) is 5.10 Å². The highest BCUT2D eigenvalue weighted by atomic mass is 35.5. The van der Waals surface area contributed by atoms with Gasteiger partial charge in [0, 0.05) is 5.02 Å². The Morgan fingerprint density at radius 3 is 2.25 bits per heavy atom. The Morgan fingerprint density at radius 1 is 1.05 bits per heavy atom. The highest BCUT2D eigenvalue weighted by Crippen LogP contribution is 2.10. The molecule has 0 spiro atoms. The number of hydrogen-bond acceptors (Lipinski definition) is 3. The summed E-state index contributed by atoms with van der Waals surface area (Å²) in [6.07, 6.45) is 1.34. The Balaban J connectivity index is 2.09. The van der Waals surface area contributed by atoms with E-state index in [2.05, 4.69) is 5.10 Å². The zero-order valence-corrected chi connectivity index (χ0v) is 11.7. The average Bonchev–Trinajstić information content (AvgIpc) is 2.41. The quantitative estimate of drug-likeness (QED) is 0.697. The first-order valence-electron chi connectivity index (χ1n) is 5.53. The molecule has 2 rings (SSSR count). The Labute approximate surface area is 120 Å². The Bertz CT molecular complexity index is 713. The summed E-state index contributed by atoms with van der Waals surface area (Å²) in [5, 5.41) is 4.22. The van der Waals surface area contributed by atoms with E-state index in [9.17, 15) is 12.8 Å². The lowest BCUT2D eigenvalue weighted by Gasteiger charge is -2.02. The standard InChI is InChI=1S/C13H10ClFN2O2S/c14-11-3-1-10(2-4-11)9-16-17-20(18,19)13-7-5-12(15)6-8-13/h1-9,17H/b16-9+. The van der Waals surface area contributed by atoms with Gasteiger partial charge in [0.25, 0.3) is 10.0 Å². The van der Waals surface area contributed by atoms with Gasteiger partial charge in [-0.3, -0.25) is 0 Å². The van der Waals surface area contributed by atoms with E-state index in [1.807, 2.05) is 4.83 Å². The van der Waals surface area contributed by atoms with E-state index in [4.69, 9.17) is 11.6 Å². The number of hydrogen-bond donors (Lipinski definition) is 1. The van der Waals surface area contributed by atoms with Crippen molar-refractivity contribution in [3.63, 3.8) is 0 Å². The molecule has 0 bridgehead atoms. The molecule has 0 aliphatic carbocycles. The third kappa shape index (κ3) is 3.79. The summed E-state index contributed by atoms with van der Waals surface area (Å²) in [6.45, 7) is 0. The van der Waals surface area contributed by atoms with E-state index in [1.165, 1.54) is 6.21 Å². The molecule has 0 saturated heterocycles. The first-order valence-corrected chi connectivity index (χ1v) is 7.39. The van der Waals surface area contributed by atoms with Gasteiger partial charge in [-0.05, 0) is 42.0 Å². The molecule has 0 unspecified atom stereocenters. The van der Waals surface area contributed by atoms with Crippen LogP contribution in [0.2, 0.25) is 5.02 Å². The maximum Gasteiger partial charge on any atom is 0.276 e. The highest BCUT2D eigenvalue weighted by molar-refractivity contribution is 7.89. The fraction of sp³-hybridized carbons (Fsp3) is 0. The monoisotopic (exact) mass is 312 g/mol. The van der Waals surface area contributed by atoms with Crippen LogP contribution in [0.1, 0.15) is 5.56 Å². The lowest BCUT2D eigenvalue weighted by Crippen LogP contribution is -2.18. The average molecular weight is 313 g/mol. The number of nitrogens with one attached hydrogen (secondary N) is 1. The van der Waals surface area contributed by atoms with Crippen LogP contribution >= 0.6 is 11.6 Å². The molecule has 0 heterocycles. The summed E-state index contributed by atoms with van der Waals surface area (Å²) in [6, 6.07) is 11.2. The molecule has 7 heteroatoms. The fourth-order valence-corrected chi connectivity index (χ4v) is 2.30. The first-order chi connectivity index (χ1) is 9.47. The van der Waals surface area contributed by atoms with Crippen LogP contribution in [-0.4, -0.2) is 14.6 Å². The largest absolute Gasteiger partial charge is 0.276 e. The van der Waals surface area contributed by atoms with E-state index in [0.717, 1.165) is 24.3 Å². The lowest BCUT2D eigenvalue weighted by atomic mass is 10.2. The van der Waals surface area contributed by atoms with Gasteiger partial charge in [0.05, 0.1) is 11.1 Å². The molecule has 0 radical (unpaired) electrons. The van der Waals surface area contributed by atoms with Crippen molar-refractivity contribution in [3.05, 3.63) is 64.9 Å². The number of hydrazone groups is 1. The fourth-order valence-electron chi connectivity index (χ4n) is 1.39. The molecular formula is C13H10ClFN2O2S. The van der Waals surface area contributed by atoms with E-state index < -0.39 is 15.8 Å². The number of rotatable bonds is 4. The van der Waals surface area contributed by atoms with Gasteiger partial charge < -0.3 is 0 Å². The van der Waals surface area contributed by atoms with Gasteiger partial charge in [-0.15, -0.1) is 0 Å². The molecule has 0 aliphatic heterocycles. The molecular weight excluding hydrogens is 303 g/mol. The predicted molar refractivity (Wildman–Crippen MR) is 75.8 cm³/mol. The van der Waals surface area contributed by atoms with E-state index in [0.29, 0.717) is 10.6 Å². The maximum atomic E-state index is 12.7. The smallest absolute Gasteiger partial charge is 0.207 e. The van der Waals surface area contributed by atoms with E-state index >= 15 is 0 Å². The second-order valence-corrected chi connectivity index (χ2v) is 5.96. The summed E-state index contributed by atoms with van der Waals surface area (Å²) in [5.41, 5.74) is 0.691. The van der Waals surface area contributed by atoms with Crippen LogP contribution in [0, 0.1) is 5.82 Å². The van der Waals surface area contributed by atoms with E-state index in [-0.39, 0.29) is 4.90 Å². The Hall–Kier alpha value is -1.92. The molecule has 2 aromatic rings. The van der Waals surface area contributed by atoms with Crippen molar-refractivity contribution >= 4 is 27.8 Å². The highest BCUT2D eigenvalue weighted by Gasteiger charge is 2.12. The SMILES string of the molecule is O=S(=O)(N/N=C/c1ccc(Cl)cc1)c1ccc(F)cc1. The van der Waals surface area contributed by atoms with Gasteiger partial charge in [-0.2, -0.15) is 13.5 Å². The van der Waals surface area contributed by atoms with Gasteiger partial charge in [0.1, 0.15) is 5.82 Å². The van der Waals surface area contributed by atoms with Gasteiger partial charge in [-0.25, -0.2) is 9.22 Å². The molecule has 0 saturated carbocycles. The van der Waals surface area contributed by atoms with Crippen LogP contribution in [0.4, 0.5) is 4.39 Å². The number of halogens is 2. The van der Waals surface area contributed by atoms with Crippen LogP contribution in [0.5, 0.6) is 0 Å². The molecule has 1 N–H and O–H groups in total. The molecule has 104 valence electrons. The van der Waals surface area contributed by atoms with Crippen LogP contribution in [0.3, 0.4) is 0 Å². The van der Waals surface area contributed by atoms with Gasteiger partial charge >= 0.3 is 0 Å². The van der Waals surface area contributed by atoms with Gasteiger partial charge in [-0.1, -0.05) is 23.7 Å². The minimum Gasteiger partial charge on any atom is -0.207 e. The van der Waals surface area contributed by atoms with Crippen LogP contribution < -0.4 is 4.83 Å². The predicted octanol–water partition coefficient (Wildman–Crippen LogP) is 2.79. The topological polar surface area (TPSA) is 58.5 Å². The Morgan fingerprint density at radius 2 is 1.65 bits per heavy atom. The van der Waals surface area contributed by atoms with E-state index in [1.54, 1.807) is 24.3 Å². The van der Waals surface area contributed by atoms with Crippen molar-refractivity contribution in [1.29, 1.82) is 0 Å². The van der Waals surface area contributed by atoms with Crippen LogP contribution in [-0.2, 0) is 10.0 Å². The van der Waals surface area contributed by atoms with Crippen LogP contribution in [0.15, 0.2) is 58.5 Å². The zero-order chi connectivity index (χ0) is 14.6. The minimum absolute atomic E-state index is 0.0628. The van der Waals surface area contributed by atoms with Crippen molar-refractivity contribution in [1.82, 2.24) is 4.83 Å². The summed E-state index contributed by atoms with van der Waals surface area (Å²) in [7, 11) is -3.80. The first kappa shape index (κ1) is 14.5. The number of nitrogens with zero attached hydrogens (tertiary/aromatic N) is 1. The molecule has 2 aromatic carbocycles. The lowest BCUT2D eigenvalue weighted by molar-refractivity contribution is 0.583. The van der Waals surface area contributed by atoms with Crippen molar-refractivity contribution < 1.29 is 12.8 Å². The summed E-state index contributed by atoms with van der Waals surface area (Å²) in [4.78, 5) is 1.98. The van der Waals surface area contributed by atoms with Crippen LogP contribution in [0.25, 0.3) is 0 Å². The third-order valence-electron chi connectivity index (χ3n) is 2.38. The molecule has 0 atom stereocenters. The molecule has 0 fully saturated rings. The van der Waals surface area contributed by atoms with Gasteiger partial charge in [0.15, 0.2) is 0 Å². The summed E-state index contributed by atoms with van der Waals surface area (Å²) < 4.78 is 36.4. The third-order valence-corrected chi connectivity index (χ3v) is 3.87. The van der Waals surface area contributed by atoms with Gasteiger partial charge in [0.2, 0.25) is 0 Å². The summed E-state index contributed by atoms with van der Waals surface area (Å²) >= 11 is 5.72. The second kappa shape index (κ2) is 6.02. The maximum absolute atomic E-state index is 12.7. The zero-order valence-electron chi connectivity index (χ0n) is 10.1. The Kier molecular flexibility index (Phi) is 4.36. The molecule has 4 nitrogen and oxygen atoms in total. The molecule has 0 aromatic heterocycles. The number of sulfonamides is 1. The molecule has 0 amide bonds. The van der Waals surface area contributed by atoms with Crippen molar-refractivity contribution in [2.45, 2.75) is 4.90 Å². The molecule has 20 heavy (non-hydrogen) atoms. The molecule has 0 aliphatic rings. The van der Waals surface area contributed by atoms with Crippen molar-refractivity contribution in [3.8, 4) is 0 Å². The normalized spacial score (nSPS) is 11.7. The second-order valence-electron chi connectivity index (χ2n) is 3.86. The van der Waals surface area contributed by atoms with Crippen molar-refractivity contribution in [2.75, 3.05) is 0 Å².